The number of hydrogen-bond donors (Lipinski definition) is 1. The average molecular weight is 291 g/mol. The van der Waals surface area contributed by atoms with Crippen LogP contribution in [0.4, 0.5) is 4.79 Å². The Bertz CT molecular complexity index is 480. The molecule has 0 spiro atoms. The first-order valence-corrected chi connectivity index (χ1v) is 7.30. The van der Waals surface area contributed by atoms with Crippen molar-refractivity contribution < 1.29 is 9.59 Å². The predicted molar refractivity (Wildman–Crippen MR) is 77.8 cm³/mol. The minimum absolute atomic E-state index is 0.0503. The first-order valence-electron chi connectivity index (χ1n) is 7.30. The molecular formula is C14H21N5O2. The third kappa shape index (κ3) is 4.14. The van der Waals surface area contributed by atoms with Gasteiger partial charge in [0.1, 0.15) is 5.69 Å². The summed E-state index contributed by atoms with van der Waals surface area (Å²) in [5.41, 5.74) is 0.349. The molecule has 1 aliphatic heterocycles. The van der Waals surface area contributed by atoms with Gasteiger partial charge in [0.2, 0.25) is 0 Å². The van der Waals surface area contributed by atoms with Gasteiger partial charge in [0.25, 0.3) is 5.91 Å². The SMILES string of the molecule is CCCNC(=O)N1CCCN(C(=O)c2cnccn2)CC1. The van der Waals surface area contributed by atoms with Gasteiger partial charge in [-0.15, -0.1) is 0 Å². The third-order valence-electron chi connectivity index (χ3n) is 3.38. The number of amides is 3. The lowest BCUT2D eigenvalue weighted by atomic mass is 10.3. The van der Waals surface area contributed by atoms with Crippen LogP contribution in [0.2, 0.25) is 0 Å². The molecule has 0 aromatic carbocycles. The van der Waals surface area contributed by atoms with Crippen molar-refractivity contribution in [2.24, 2.45) is 0 Å². The summed E-state index contributed by atoms with van der Waals surface area (Å²) in [6.07, 6.45) is 6.20. The lowest BCUT2D eigenvalue weighted by Gasteiger charge is -2.22. The number of nitrogens with one attached hydrogen (secondary N) is 1. The first kappa shape index (κ1) is 15.2. The number of carbonyl (C=O) groups is 2. The van der Waals surface area contributed by atoms with E-state index in [1.165, 1.54) is 12.4 Å². The van der Waals surface area contributed by atoms with Crippen LogP contribution in [-0.2, 0) is 0 Å². The summed E-state index contributed by atoms with van der Waals surface area (Å²) in [4.78, 5) is 35.7. The number of nitrogens with zero attached hydrogens (tertiary/aromatic N) is 4. The summed E-state index contributed by atoms with van der Waals surface area (Å²) in [5.74, 6) is -0.126. The lowest BCUT2D eigenvalue weighted by molar-refractivity contribution is 0.0756. The molecular weight excluding hydrogens is 270 g/mol. The van der Waals surface area contributed by atoms with E-state index in [4.69, 9.17) is 0 Å². The molecule has 0 atom stereocenters. The van der Waals surface area contributed by atoms with Crippen LogP contribution in [0.1, 0.15) is 30.3 Å². The monoisotopic (exact) mass is 291 g/mol. The van der Waals surface area contributed by atoms with Crippen molar-refractivity contribution in [3.05, 3.63) is 24.3 Å². The predicted octanol–water partition coefficient (Wildman–Crippen LogP) is 0.744. The molecule has 1 saturated heterocycles. The van der Waals surface area contributed by atoms with Gasteiger partial charge in [-0.2, -0.15) is 0 Å². The van der Waals surface area contributed by atoms with Crippen molar-refractivity contribution >= 4 is 11.9 Å². The van der Waals surface area contributed by atoms with Gasteiger partial charge in [0.05, 0.1) is 6.20 Å². The number of urea groups is 1. The number of rotatable bonds is 3. The second kappa shape index (κ2) is 7.56. The van der Waals surface area contributed by atoms with Gasteiger partial charge in [0.15, 0.2) is 0 Å². The average Bonchev–Trinajstić information content (AvgIpc) is 2.79. The summed E-state index contributed by atoms with van der Waals surface area (Å²) in [6, 6.07) is -0.0503. The molecule has 3 amide bonds. The molecule has 1 aromatic heterocycles. The van der Waals surface area contributed by atoms with E-state index in [0.717, 1.165) is 12.8 Å². The van der Waals surface area contributed by atoms with Gasteiger partial charge in [-0.3, -0.25) is 9.78 Å². The van der Waals surface area contributed by atoms with Crippen molar-refractivity contribution in [2.75, 3.05) is 32.7 Å². The molecule has 7 nitrogen and oxygen atoms in total. The number of carbonyl (C=O) groups excluding carboxylic acids is 2. The van der Waals surface area contributed by atoms with Crippen molar-refractivity contribution in [1.82, 2.24) is 25.1 Å². The van der Waals surface area contributed by atoms with Crippen molar-refractivity contribution in [1.29, 1.82) is 0 Å². The topological polar surface area (TPSA) is 78.4 Å². The standard InChI is InChI=1S/C14H21N5O2/c1-2-4-17-14(21)19-8-3-7-18(9-10-19)13(20)12-11-15-5-6-16-12/h5-6,11H,2-4,7-10H2,1H3,(H,17,21). The molecule has 0 saturated carbocycles. The van der Waals surface area contributed by atoms with E-state index < -0.39 is 0 Å². The molecule has 7 heteroatoms. The molecule has 0 radical (unpaired) electrons. The Morgan fingerprint density at radius 1 is 1.19 bits per heavy atom. The lowest BCUT2D eigenvalue weighted by Crippen LogP contribution is -2.42. The highest BCUT2D eigenvalue weighted by Gasteiger charge is 2.23. The van der Waals surface area contributed by atoms with Crippen LogP contribution in [0.3, 0.4) is 0 Å². The van der Waals surface area contributed by atoms with Gasteiger partial charge in [0, 0.05) is 45.1 Å². The molecule has 114 valence electrons. The molecule has 1 aromatic rings. The molecule has 1 fully saturated rings. The molecule has 21 heavy (non-hydrogen) atoms. The fourth-order valence-electron chi connectivity index (χ4n) is 2.24. The van der Waals surface area contributed by atoms with Crippen LogP contribution in [0.25, 0.3) is 0 Å². The molecule has 2 rings (SSSR count). The van der Waals surface area contributed by atoms with E-state index >= 15 is 0 Å². The maximum atomic E-state index is 12.3. The van der Waals surface area contributed by atoms with Gasteiger partial charge in [-0.1, -0.05) is 6.92 Å². The fourth-order valence-corrected chi connectivity index (χ4v) is 2.24. The zero-order valence-electron chi connectivity index (χ0n) is 12.3. The maximum Gasteiger partial charge on any atom is 0.317 e. The Morgan fingerprint density at radius 3 is 2.67 bits per heavy atom. The Hall–Kier alpha value is -2.18. The van der Waals surface area contributed by atoms with Crippen LogP contribution in [0.15, 0.2) is 18.6 Å². The van der Waals surface area contributed by atoms with Gasteiger partial charge in [-0.25, -0.2) is 9.78 Å². The van der Waals surface area contributed by atoms with Crippen LogP contribution in [0, 0.1) is 0 Å². The largest absolute Gasteiger partial charge is 0.338 e. The third-order valence-corrected chi connectivity index (χ3v) is 3.38. The van der Waals surface area contributed by atoms with Gasteiger partial charge < -0.3 is 15.1 Å². The van der Waals surface area contributed by atoms with Gasteiger partial charge >= 0.3 is 6.03 Å². The van der Waals surface area contributed by atoms with Crippen LogP contribution < -0.4 is 5.32 Å². The van der Waals surface area contributed by atoms with E-state index in [1.807, 2.05) is 6.92 Å². The molecule has 0 aliphatic carbocycles. The molecule has 1 N–H and O–H groups in total. The van der Waals surface area contributed by atoms with E-state index in [9.17, 15) is 9.59 Å². The Balaban J connectivity index is 1.91. The molecule has 0 bridgehead atoms. The number of aromatic nitrogens is 2. The van der Waals surface area contributed by atoms with Crippen molar-refractivity contribution in [2.45, 2.75) is 19.8 Å². The van der Waals surface area contributed by atoms with Crippen LogP contribution in [0.5, 0.6) is 0 Å². The molecule has 0 unspecified atom stereocenters. The highest BCUT2D eigenvalue weighted by atomic mass is 16.2. The quantitative estimate of drug-likeness (QED) is 0.891. The van der Waals surface area contributed by atoms with E-state index in [0.29, 0.717) is 38.4 Å². The van der Waals surface area contributed by atoms with Crippen LogP contribution in [-0.4, -0.2) is 64.4 Å². The zero-order valence-corrected chi connectivity index (χ0v) is 12.3. The maximum absolute atomic E-state index is 12.3. The van der Waals surface area contributed by atoms with Gasteiger partial charge in [-0.05, 0) is 12.8 Å². The van der Waals surface area contributed by atoms with E-state index in [2.05, 4.69) is 15.3 Å². The summed E-state index contributed by atoms with van der Waals surface area (Å²) in [7, 11) is 0. The van der Waals surface area contributed by atoms with Crippen molar-refractivity contribution in [3.8, 4) is 0 Å². The second-order valence-electron chi connectivity index (χ2n) is 4.96. The van der Waals surface area contributed by atoms with E-state index in [-0.39, 0.29) is 11.9 Å². The smallest absolute Gasteiger partial charge is 0.317 e. The highest BCUT2D eigenvalue weighted by molar-refractivity contribution is 5.92. The number of hydrogen-bond acceptors (Lipinski definition) is 4. The Kier molecular flexibility index (Phi) is 5.48. The minimum Gasteiger partial charge on any atom is -0.338 e. The first-order chi connectivity index (χ1) is 10.2. The normalized spacial score (nSPS) is 15.5. The Labute approximate surface area is 124 Å². The molecule has 1 aliphatic rings. The zero-order chi connectivity index (χ0) is 15.1. The summed E-state index contributed by atoms with van der Waals surface area (Å²) in [5, 5.41) is 2.87. The second-order valence-corrected chi connectivity index (χ2v) is 4.96. The van der Waals surface area contributed by atoms with E-state index in [1.54, 1.807) is 16.0 Å². The highest BCUT2D eigenvalue weighted by Crippen LogP contribution is 2.07. The summed E-state index contributed by atoms with van der Waals surface area (Å²) < 4.78 is 0. The summed E-state index contributed by atoms with van der Waals surface area (Å²) >= 11 is 0. The fraction of sp³-hybridized carbons (Fsp3) is 0.571. The minimum atomic E-state index is -0.126. The van der Waals surface area contributed by atoms with Crippen LogP contribution >= 0.6 is 0 Å². The molecule has 2 heterocycles. The summed E-state index contributed by atoms with van der Waals surface area (Å²) in [6.45, 7) is 5.06. The van der Waals surface area contributed by atoms with Crippen molar-refractivity contribution in [3.63, 3.8) is 0 Å². The Morgan fingerprint density at radius 2 is 1.95 bits per heavy atom.